The molecule has 0 saturated heterocycles. The van der Waals surface area contributed by atoms with Crippen LogP contribution < -0.4 is 28.7 Å². The van der Waals surface area contributed by atoms with Gasteiger partial charge in [-0.3, -0.25) is 8.61 Å². The van der Waals surface area contributed by atoms with Crippen molar-refractivity contribution in [2.75, 3.05) is 25.9 Å². The van der Waals surface area contributed by atoms with Gasteiger partial charge in [0.2, 0.25) is 0 Å². The third kappa shape index (κ3) is 12.1. The van der Waals surface area contributed by atoms with E-state index in [9.17, 15) is 74.3 Å². The maximum absolute atomic E-state index is 13.7. The highest BCUT2D eigenvalue weighted by atomic mass is 127. The number of nitrogens with zero attached hydrogens (tertiary/aromatic N) is 4. The highest BCUT2D eigenvalue weighted by molar-refractivity contribution is 14.1. The fourth-order valence-electron chi connectivity index (χ4n) is 6.81. The van der Waals surface area contributed by atoms with Crippen LogP contribution in [-0.2, 0) is 50.2 Å². The van der Waals surface area contributed by atoms with Crippen molar-refractivity contribution in [2.24, 2.45) is 0 Å². The number of carbonyl (C=O) groups excluding carboxylic acids is 1. The first-order chi connectivity index (χ1) is 33.4. The van der Waals surface area contributed by atoms with Crippen molar-refractivity contribution >= 4 is 83.0 Å². The Morgan fingerprint density at radius 1 is 0.583 bits per heavy atom. The maximum atomic E-state index is 13.7. The summed E-state index contributed by atoms with van der Waals surface area (Å²) in [5.41, 5.74) is -1.99. The minimum atomic E-state index is -4.99. The van der Waals surface area contributed by atoms with Gasteiger partial charge in [0.15, 0.2) is 0 Å². The first-order valence-corrected chi connectivity index (χ1v) is 23.9. The van der Waals surface area contributed by atoms with E-state index >= 15 is 0 Å². The summed E-state index contributed by atoms with van der Waals surface area (Å²) in [5.74, 6) is -2.47. The number of sulfonamides is 2. The summed E-state index contributed by atoms with van der Waals surface area (Å²) in [6.07, 6.45) is -19.4. The molecule has 2 N–H and O–H groups in total. The van der Waals surface area contributed by atoms with Crippen LogP contribution in [-0.4, -0.2) is 52.1 Å². The molecule has 72 heavy (non-hydrogen) atoms. The lowest BCUT2D eigenvalue weighted by Crippen LogP contribution is -2.30. The normalized spacial score (nSPS) is 13.8. The number of esters is 1. The summed E-state index contributed by atoms with van der Waals surface area (Å²) in [6, 6.07) is 19.0. The summed E-state index contributed by atoms with van der Waals surface area (Å²) in [4.78, 5) is 18.7. The number of rotatable bonds is 8. The minimum absolute atomic E-state index is 0.00391. The number of pyridine rings is 2. The molecule has 14 nitrogen and oxygen atoms in total. The number of benzene rings is 4. The molecule has 0 bridgehead atoms. The summed E-state index contributed by atoms with van der Waals surface area (Å²) < 4.78 is 223. The number of ether oxygens (including phenoxy) is 3. The standard InChI is InChI=1S/C23H17F6N3O5S.C20H12F6IN3O3S/c1-2-36-21(33)13-3-9-17-18(11-13)32(12-14-4-10-19(22(24,25)26)31-20(14)30-17)38(34,35)16-7-5-15(6-8-16)37-23(27,28)29;21-19(22,23)17-8-1-11-10-30(16-9-12(27)2-7-15(16)28-18(11)29-17)34(31,32)14-5-3-13(4-6-14)33-20(24,25)26/h3-11H,2,12H2,1H3,(H,30,31);1-9H,10H2,(H,28,29). The van der Waals surface area contributed by atoms with Gasteiger partial charge in [-0.15, -0.1) is 26.3 Å². The number of hydrogen-bond donors (Lipinski definition) is 2. The van der Waals surface area contributed by atoms with Gasteiger partial charge in [0, 0.05) is 14.7 Å². The molecule has 29 heteroatoms. The van der Waals surface area contributed by atoms with Crippen LogP contribution in [0.25, 0.3) is 0 Å². The molecule has 0 saturated carbocycles. The molecule has 0 spiro atoms. The van der Waals surface area contributed by atoms with Gasteiger partial charge in [-0.25, -0.2) is 31.6 Å². The predicted molar refractivity (Wildman–Crippen MR) is 240 cm³/mol. The van der Waals surface area contributed by atoms with Crippen molar-refractivity contribution in [1.82, 2.24) is 9.97 Å². The highest BCUT2D eigenvalue weighted by Gasteiger charge is 2.39. The van der Waals surface area contributed by atoms with Gasteiger partial charge in [-0.05, 0) is 127 Å². The predicted octanol–water partition coefficient (Wildman–Crippen LogP) is 11.7. The Labute approximate surface area is 412 Å². The average molecular weight is 1180 g/mol. The summed E-state index contributed by atoms with van der Waals surface area (Å²) >= 11 is 1.95. The Morgan fingerprint density at radius 3 is 1.38 bits per heavy atom. The van der Waals surface area contributed by atoms with Crippen LogP contribution in [0.3, 0.4) is 0 Å². The Bertz CT molecular complexity index is 3250. The second kappa shape index (κ2) is 19.7. The molecule has 4 heterocycles. The van der Waals surface area contributed by atoms with Crippen LogP contribution in [0.15, 0.2) is 119 Å². The fourth-order valence-corrected chi connectivity index (χ4v) is 10.2. The van der Waals surface area contributed by atoms with Crippen molar-refractivity contribution < 1.29 is 88.5 Å². The van der Waals surface area contributed by atoms with Crippen molar-refractivity contribution in [3.8, 4) is 11.5 Å². The Kier molecular flexibility index (Phi) is 14.5. The van der Waals surface area contributed by atoms with Crippen LogP contribution in [0.4, 0.5) is 87.1 Å². The molecule has 4 aromatic carbocycles. The molecule has 0 unspecified atom stereocenters. The molecule has 0 aliphatic carbocycles. The number of halogens is 13. The van der Waals surface area contributed by atoms with Crippen molar-refractivity contribution in [3.63, 3.8) is 0 Å². The number of nitrogens with one attached hydrogen (secondary N) is 2. The van der Waals surface area contributed by atoms with E-state index in [0.717, 1.165) is 75.3 Å². The molecular formula is C43H29F12IN6O8S2. The molecular weight excluding hydrogens is 1150 g/mol. The molecule has 8 rings (SSSR count). The van der Waals surface area contributed by atoms with Crippen LogP contribution >= 0.6 is 22.6 Å². The van der Waals surface area contributed by atoms with Gasteiger partial charge in [-0.1, -0.05) is 12.1 Å². The lowest BCUT2D eigenvalue weighted by atomic mass is 10.1. The van der Waals surface area contributed by atoms with Crippen LogP contribution in [0, 0.1) is 3.57 Å². The lowest BCUT2D eigenvalue weighted by molar-refractivity contribution is -0.275. The summed E-state index contributed by atoms with van der Waals surface area (Å²) in [7, 11) is -8.89. The van der Waals surface area contributed by atoms with Crippen LogP contribution in [0.5, 0.6) is 11.5 Å². The quantitative estimate of drug-likeness (QED) is 0.0841. The van der Waals surface area contributed by atoms with E-state index in [-0.39, 0.29) is 69.1 Å². The van der Waals surface area contributed by atoms with Gasteiger partial charge in [0.25, 0.3) is 20.0 Å². The zero-order valence-electron chi connectivity index (χ0n) is 35.8. The summed E-state index contributed by atoms with van der Waals surface area (Å²) in [6.45, 7) is 0.698. The maximum Gasteiger partial charge on any atom is 0.573 e. The molecule has 0 amide bonds. The first kappa shape index (κ1) is 53.0. The zero-order chi connectivity index (χ0) is 52.8. The van der Waals surface area contributed by atoms with Gasteiger partial charge in [0.1, 0.15) is 34.5 Å². The molecule has 382 valence electrons. The summed E-state index contributed by atoms with van der Waals surface area (Å²) in [5, 5.41) is 5.45. The van der Waals surface area contributed by atoms with E-state index < -0.39 is 85.4 Å². The zero-order valence-corrected chi connectivity index (χ0v) is 39.6. The first-order valence-electron chi connectivity index (χ1n) is 20.0. The Balaban J connectivity index is 0.000000213. The van der Waals surface area contributed by atoms with E-state index in [1.807, 2.05) is 22.6 Å². The van der Waals surface area contributed by atoms with E-state index in [2.05, 4.69) is 30.1 Å². The molecule has 2 aliphatic rings. The number of hydrogen-bond acceptors (Lipinski definition) is 12. The third-order valence-electron chi connectivity index (χ3n) is 9.97. The number of fused-ring (bicyclic) bond motifs is 4. The average Bonchev–Trinajstić information content (AvgIpc) is 3.55. The fraction of sp³-hybridized carbons (Fsp3) is 0.186. The van der Waals surface area contributed by atoms with Gasteiger partial charge in [0.05, 0.1) is 57.8 Å². The number of alkyl halides is 12. The Morgan fingerprint density at radius 2 is 0.986 bits per heavy atom. The minimum Gasteiger partial charge on any atom is -0.462 e. The molecule has 2 aliphatic heterocycles. The van der Waals surface area contributed by atoms with Gasteiger partial charge >= 0.3 is 31.0 Å². The molecule has 0 fully saturated rings. The lowest BCUT2D eigenvalue weighted by Gasteiger charge is -2.25. The topological polar surface area (TPSA) is 169 Å². The van der Waals surface area contributed by atoms with Crippen molar-refractivity contribution in [1.29, 1.82) is 0 Å². The van der Waals surface area contributed by atoms with E-state index in [0.29, 0.717) is 9.64 Å². The van der Waals surface area contributed by atoms with Crippen molar-refractivity contribution in [2.45, 2.75) is 54.9 Å². The molecule has 0 atom stereocenters. The molecule has 0 radical (unpaired) electrons. The number of anilines is 6. The smallest absolute Gasteiger partial charge is 0.462 e. The van der Waals surface area contributed by atoms with E-state index in [4.69, 9.17) is 4.74 Å². The second-order valence-corrected chi connectivity index (χ2v) is 19.8. The van der Waals surface area contributed by atoms with E-state index in [1.54, 1.807) is 13.0 Å². The van der Waals surface area contributed by atoms with Crippen LogP contribution in [0.2, 0.25) is 0 Å². The van der Waals surface area contributed by atoms with E-state index in [1.165, 1.54) is 30.3 Å². The third-order valence-corrected chi connectivity index (χ3v) is 14.2. The molecule has 6 aromatic rings. The largest absolute Gasteiger partial charge is 0.573 e. The van der Waals surface area contributed by atoms with Gasteiger partial charge < -0.3 is 24.8 Å². The number of carbonyl (C=O) groups is 1. The second-order valence-electron chi connectivity index (χ2n) is 14.8. The number of aromatic nitrogens is 2. The Hall–Kier alpha value is -6.76. The molecule has 2 aromatic heterocycles. The van der Waals surface area contributed by atoms with Gasteiger partial charge in [-0.2, -0.15) is 26.3 Å². The SMILES string of the molecule is CCOC(=O)c1ccc2c(c1)N(S(=O)(=O)c1ccc(OC(F)(F)F)cc1)Cc1ccc(C(F)(F)F)nc1N2.O=S(=O)(c1ccc(OC(F)(F)F)cc1)N1Cc2ccc(C(F)(F)F)nc2Nc2ccc(I)cc21. The van der Waals surface area contributed by atoms with Crippen LogP contribution in [0.1, 0.15) is 39.8 Å². The van der Waals surface area contributed by atoms with Crippen molar-refractivity contribution in [3.05, 3.63) is 141 Å². The highest BCUT2D eigenvalue weighted by Crippen LogP contribution is 2.43. The monoisotopic (exact) mass is 1180 g/mol.